The van der Waals surface area contributed by atoms with Crippen molar-refractivity contribution in [2.24, 2.45) is 0 Å². The number of benzene rings is 1. The molecule has 0 radical (unpaired) electrons. The van der Waals surface area contributed by atoms with E-state index in [1.54, 1.807) is 18.2 Å². The Morgan fingerprint density at radius 3 is 2.92 bits per heavy atom. The van der Waals surface area contributed by atoms with Crippen LogP contribution >= 0.6 is 0 Å². The van der Waals surface area contributed by atoms with Crippen LogP contribution in [0.2, 0.25) is 0 Å². The van der Waals surface area contributed by atoms with E-state index in [4.69, 9.17) is 9.47 Å². The zero-order chi connectivity index (χ0) is 18.8. The summed E-state index contributed by atoms with van der Waals surface area (Å²) < 4.78 is 39.8. The third-order valence-electron chi connectivity index (χ3n) is 5.25. The van der Waals surface area contributed by atoms with Crippen molar-refractivity contribution in [1.29, 1.82) is 0 Å². The molecule has 1 spiro atoms. The largest absolute Gasteiger partial charge is 0.377 e. The highest BCUT2D eigenvalue weighted by atomic mass is 32.2. The predicted molar refractivity (Wildman–Crippen MR) is 101 cm³/mol. The van der Waals surface area contributed by atoms with E-state index in [0.29, 0.717) is 30.7 Å². The standard InChI is InChI=1S/C19H30N2O4S/c1-15(2)21-9-10-24-14-19(13-21)8-7-17(25-19)12-20-26(22,23)18-6-4-5-16(3)11-18/h4-6,11,15,17,20H,7-10,12-14H2,1-3H3/t17-,19-/m1/s1. The third kappa shape index (κ3) is 4.64. The van der Waals surface area contributed by atoms with Gasteiger partial charge in [0.25, 0.3) is 0 Å². The van der Waals surface area contributed by atoms with Gasteiger partial charge in [-0.1, -0.05) is 12.1 Å². The zero-order valence-corrected chi connectivity index (χ0v) is 16.7. The van der Waals surface area contributed by atoms with Gasteiger partial charge >= 0.3 is 0 Å². The summed E-state index contributed by atoms with van der Waals surface area (Å²) >= 11 is 0. The van der Waals surface area contributed by atoms with Crippen LogP contribution in [0.5, 0.6) is 0 Å². The predicted octanol–water partition coefficient (Wildman–Crippen LogP) is 1.93. The number of sulfonamides is 1. The molecular formula is C19H30N2O4S. The number of rotatable bonds is 5. The molecule has 2 aliphatic rings. The first-order chi connectivity index (χ1) is 12.3. The molecule has 1 N–H and O–H groups in total. The molecule has 2 saturated heterocycles. The molecule has 2 heterocycles. The first-order valence-electron chi connectivity index (χ1n) is 9.36. The van der Waals surface area contributed by atoms with Crippen LogP contribution in [0.25, 0.3) is 0 Å². The zero-order valence-electron chi connectivity index (χ0n) is 15.9. The van der Waals surface area contributed by atoms with Crippen molar-refractivity contribution in [3.05, 3.63) is 29.8 Å². The van der Waals surface area contributed by atoms with E-state index in [0.717, 1.165) is 31.5 Å². The van der Waals surface area contributed by atoms with E-state index in [1.807, 2.05) is 13.0 Å². The molecule has 2 fully saturated rings. The maximum absolute atomic E-state index is 12.5. The van der Waals surface area contributed by atoms with E-state index in [-0.39, 0.29) is 11.7 Å². The van der Waals surface area contributed by atoms with Crippen molar-refractivity contribution in [3.63, 3.8) is 0 Å². The topological polar surface area (TPSA) is 67.9 Å². The first kappa shape index (κ1) is 19.8. The smallest absolute Gasteiger partial charge is 0.240 e. The fourth-order valence-electron chi connectivity index (χ4n) is 3.71. The van der Waals surface area contributed by atoms with Gasteiger partial charge in [0.05, 0.1) is 24.2 Å². The van der Waals surface area contributed by atoms with E-state index in [1.165, 1.54) is 0 Å². The molecule has 26 heavy (non-hydrogen) atoms. The lowest BCUT2D eigenvalue weighted by atomic mass is 9.99. The normalized spacial score (nSPS) is 27.9. The molecule has 0 unspecified atom stereocenters. The van der Waals surface area contributed by atoms with Gasteiger partial charge in [0.2, 0.25) is 10.0 Å². The lowest BCUT2D eigenvalue weighted by Crippen LogP contribution is -2.47. The minimum absolute atomic E-state index is 0.120. The van der Waals surface area contributed by atoms with Crippen molar-refractivity contribution >= 4 is 10.0 Å². The SMILES string of the molecule is Cc1cccc(S(=O)(=O)NC[C@H]2CC[C@@]3(COCCN(C(C)C)C3)O2)c1. The highest BCUT2D eigenvalue weighted by molar-refractivity contribution is 7.89. The second kappa shape index (κ2) is 7.94. The molecule has 6 nitrogen and oxygen atoms in total. The van der Waals surface area contributed by atoms with Gasteiger partial charge in [-0.15, -0.1) is 0 Å². The van der Waals surface area contributed by atoms with E-state index >= 15 is 0 Å². The van der Waals surface area contributed by atoms with Crippen LogP contribution in [0.1, 0.15) is 32.3 Å². The highest BCUT2D eigenvalue weighted by Crippen LogP contribution is 2.33. The number of hydrogen-bond acceptors (Lipinski definition) is 5. The lowest BCUT2D eigenvalue weighted by Gasteiger charge is -2.34. The number of aryl methyl sites for hydroxylation is 1. The Morgan fingerprint density at radius 2 is 2.19 bits per heavy atom. The Balaban J connectivity index is 1.60. The summed E-state index contributed by atoms with van der Waals surface area (Å²) in [6.45, 7) is 9.59. The highest BCUT2D eigenvalue weighted by Gasteiger charge is 2.43. The van der Waals surface area contributed by atoms with Gasteiger partial charge in [0.15, 0.2) is 0 Å². The summed E-state index contributed by atoms with van der Waals surface area (Å²) in [5.74, 6) is 0. The summed E-state index contributed by atoms with van der Waals surface area (Å²) in [6, 6.07) is 7.38. The van der Waals surface area contributed by atoms with Gasteiger partial charge < -0.3 is 9.47 Å². The van der Waals surface area contributed by atoms with Crippen LogP contribution in [0.3, 0.4) is 0 Å². The van der Waals surface area contributed by atoms with E-state index in [9.17, 15) is 8.42 Å². The molecule has 0 saturated carbocycles. The first-order valence-corrected chi connectivity index (χ1v) is 10.8. The lowest BCUT2D eigenvalue weighted by molar-refractivity contribution is -0.0855. The Labute approximate surface area is 156 Å². The number of nitrogens with zero attached hydrogens (tertiary/aromatic N) is 1. The van der Waals surface area contributed by atoms with Crippen LogP contribution in [-0.4, -0.2) is 63.9 Å². The maximum Gasteiger partial charge on any atom is 0.240 e. The number of nitrogens with one attached hydrogen (secondary N) is 1. The van der Waals surface area contributed by atoms with Gasteiger partial charge in [-0.25, -0.2) is 13.1 Å². The molecule has 3 rings (SSSR count). The van der Waals surface area contributed by atoms with Gasteiger partial charge in [0, 0.05) is 25.7 Å². The van der Waals surface area contributed by atoms with Gasteiger partial charge in [-0.3, -0.25) is 4.90 Å². The number of hydrogen-bond donors (Lipinski definition) is 1. The van der Waals surface area contributed by atoms with Gasteiger partial charge in [0.1, 0.15) is 5.60 Å². The Kier molecular flexibility index (Phi) is 6.04. The summed E-state index contributed by atoms with van der Waals surface area (Å²) in [7, 11) is -3.52. The number of ether oxygens (including phenoxy) is 2. The van der Waals surface area contributed by atoms with Gasteiger partial charge in [-0.2, -0.15) is 0 Å². The van der Waals surface area contributed by atoms with Crippen molar-refractivity contribution in [2.75, 3.05) is 32.8 Å². The Bertz CT molecular complexity index is 722. The van der Waals surface area contributed by atoms with Gasteiger partial charge in [-0.05, 0) is 51.3 Å². The van der Waals surface area contributed by atoms with Crippen molar-refractivity contribution < 1.29 is 17.9 Å². The minimum atomic E-state index is -3.52. The molecule has 2 atom stereocenters. The fourth-order valence-corrected chi connectivity index (χ4v) is 4.88. The van der Waals surface area contributed by atoms with E-state index in [2.05, 4.69) is 23.5 Å². The quantitative estimate of drug-likeness (QED) is 0.843. The monoisotopic (exact) mass is 382 g/mol. The molecule has 1 aromatic carbocycles. The summed E-state index contributed by atoms with van der Waals surface area (Å²) in [6.07, 6.45) is 1.61. The molecule has 0 aromatic heterocycles. The molecular weight excluding hydrogens is 352 g/mol. The summed E-state index contributed by atoms with van der Waals surface area (Å²) in [5, 5.41) is 0. The second-order valence-corrected chi connectivity index (χ2v) is 9.51. The minimum Gasteiger partial charge on any atom is -0.377 e. The van der Waals surface area contributed by atoms with Crippen LogP contribution in [0, 0.1) is 6.92 Å². The molecule has 0 aliphatic carbocycles. The van der Waals surface area contributed by atoms with Crippen LogP contribution in [0.4, 0.5) is 0 Å². The average Bonchev–Trinajstić information content (AvgIpc) is 2.86. The average molecular weight is 383 g/mol. The summed E-state index contributed by atoms with van der Waals surface area (Å²) in [4.78, 5) is 2.68. The van der Waals surface area contributed by atoms with Crippen LogP contribution in [-0.2, 0) is 19.5 Å². The van der Waals surface area contributed by atoms with Crippen molar-refractivity contribution in [3.8, 4) is 0 Å². The van der Waals surface area contributed by atoms with Crippen molar-refractivity contribution in [1.82, 2.24) is 9.62 Å². The van der Waals surface area contributed by atoms with Crippen molar-refractivity contribution in [2.45, 2.75) is 56.3 Å². The molecule has 2 aliphatic heterocycles. The fraction of sp³-hybridized carbons (Fsp3) is 0.684. The Morgan fingerprint density at radius 1 is 1.38 bits per heavy atom. The molecule has 0 bridgehead atoms. The molecule has 146 valence electrons. The molecule has 7 heteroatoms. The van der Waals surface area contributed by atoms with Crippen LogP contribution < -0.4 is 4.72 Å². The third-order valence-corrected chi connectivity index (χ3v) is 6.67. The Hall–Kier alpha value is -0.990. The second-order valence-electron chi connectivity index (χ2n) is 7.75. The maximum atomic E-state index is 12.5. The van der Waals surface area contributed by atoms with Crippen LogP contribution in [0.15, 0.2) is 29.2 Å². The summed E-state index contributed by atoms with van der Waals surface area (Å²) in [5.41, 5.74) is 0.605. The molecule has 0 amide bonds. The van der Waals surface area contributed by atoms with E-state index < -0.39 is 10.0 Å². The molecule has 1 aromatic rings.